The molecule has 0 aliphatic rings. The van der Waals surface area contributed by atoms with Crippen molar-refractivity contribution in [3.8, 4) is 0 Å². The molecule has 1 N–H and O–H groups in total. The summed E-state index contributed by atoms with van der Waals surface area (Å²) in [5.41, 5.74) is 1.19. The Hall–Kier alpha value is -1.89. The van der Waals surface area contributed by atoms with E-state index in [0.29, 0.717) is 11.0 Å². The first-order valence-electron chi connectivity index (χ1n) is 6.23. The van der Waals surface area contributed by atoms with E-state index in [2.05, 4.69) is 10.3 Å². The summed E-state index contributed by atoms with van der Waals surface area (Å²) in [6, 6.07) is 7.03. The fourth-order valence-corrected chi connectivity index (χ4v) is 2.83. The zero-order valence-corrected chi connectivity index (χ0v) is 12.4. The number of hydrogen-bond acceptors (Lipinski definition) is 4. The van der Waals surface area contributed by atoms with Crippen LogP contribution in [0.15, 0.2) is 29.4 Å². The molecule has 7 heteroatoms. The summed E-state index contributed by atoms with van der Waals surface area (Å²) in [5.74, 6) is -0.243. The molecule has 0 spiro atoms. The molecule has 0 bridgehead atoms. The first kappa shape index (κ1) is 14.5. The van der Waals surface area contributed by atoms with Gasteiger partial charge in [0.25, 0.3) is 0 Å². The summed E-state index contributed by atoms with van der Waals surface area (Å²) >= 11 is 0. The largest absolute Gasteiger partial charge is 0.352 e. The zero-order chi connectivity index (χ0) is 14.9. The number of sulfone groups is 1. The second kappa shape index (κ2) is 5.24. The highest BCUT2D eigenvalue weighted by Crippen LogP contribution is 2.19. The van der Waals surface area contributed by atoms with Gasteiger partial charge in [0.1, 0.15) is 6.54 Å². The van der Waals surface area contributed by atoms with Gasteiger partial charge in [0.15, 0.2) is 0 Å². The van der Waals surface area contributed by atoms with Gasteiger partial charge in [-0.2, -0.15) is 0 Å². The fourth-order valence-electron chi connectivity index (χ4n) is 2.00. The van der Waals surface area contributed by atoms with Gasteiger partial charge in [-0.1, -0.05) is 12.1 Å². The van der Waals surface area contributed by atoms with Crippen molar-refractivity contribution < 1.29 is 13.2 Å². The van der Waals surface area contributed by atoms with Gasteiger partial charge < -0.3 is 9.88 Å². The van der Waals surface area contributed by atoms with Crippen molar-refractivity contribution in [1.29, 1.82) is 0 Å². The Morgan fingerprint density at radius 1 is 1.35 bits per heavy atom. The van der Waals surface area contributed by atoms with E-state index in [1.807, 2.05) is 13.8 Å². The molecule has 2 rings (SSSR count). The average Bonchev–Trinajstić information content (AvgIpc) is 2.67. The number of fused-ring (bicyclic) bond motifs is 1. The van der Waals surface area contributed by atoms with Crippen molar-refractivity contribution in [3.05, 3.63) is 24.3 Å². The molecular formula is C13H17N3O3S. The van der Waals surface area contributed by atoms with E-state index >= 15 is 0 Å². The number of rotatable bonds is 4. The SMILES string of the molecule is CC(C)NC(=O)Cn1c(S(C)(=O)=O)nc2ccccc21. The third kappa shape index (κ3) is 2.98. The Morgan fingerprint density at radius 2 is 2.00 bits per heavy atom. The van der Waals surface area contributed by atoms with Crippen molar-refractivity contribution in [2.75, 3.05) is 6.26 Å². The highest BCUT2D eigenvalue weighted by atomic mass is 32.2. The van der Waals surface area contributed by atoms with Crippen LogP contribution in [0.2, 0.25) is 0 Å². The molecule has 0 fully saturated rings. The van der Waals surface area contributed by atoms with Crippen LogP contribution in [-0.4, -0.2) is 36.2 Å². The third-order valence-electron chi connectivity index (χ3n) is 2.70. The molecule has 0 aliphatic heterocycles. The van der Waals surface area contributed by atoms with E-state index in [1.54, 1.807) is 24.3 Å². The Morgan fingerprint density at radius 3 is 2.60 bits per heavy atom. The summed E-state index contributed by atoms with van der Waals surface area (Å²) in [6.07, 6.45) is 1.09. The normalized spacial score (nSPS) is 12.0. The van der Waals surface area contributed by atoms with Crippen molar-refractivity contribution >= 4 is 26.8 Å². The second-order valence-electron chi connectivity index (χ2n) is 4.96. The first-order valence-corrected chi connectivity index (χ1v) is 8.13. The minimum atomic E-state index is -3.50. The smallest absolute Gasteiger partial charge is 0.240 e. The first-order chi connectivity index (χ1) is 9.29. The van der Waals surface area contributed by atoms with Gasteiger partial charge in [-0.05, 0) is 26.0 Å². The maximum atomic E-state index is 11.9. The number of carbonyl (C=O) groups is 1. The van der Waals surface area contributed by atoms with Crippen LogP contribution in [0, 0.1) is 0 Å². The van der Waals surface area contributed by atoms with Crippen LogP contribution >= 0.6 is 0 Å². The maximum absolute atomic E-state index is 11.9. The van der Waals surface area contributed by atoms with E-state index < -0.39 is 9.84 Å². The number of benzene rings is 1. The minimum Gasteiger partial charge on any atom is -0.352 e. The lowest BCUT2D eigenvalue weighted by atomic mass is 10.3. The van der Waals surface area contributed by atoms with Gasteiger partial charge in [0.05, 0.1) is 11.0 Å². The predicted molar refractivity (Wildman–Crippen MR) is 76.1 cm³/mol. The number of nitrogens with zero attached hydrogens (tertiary/aromatic N) is 2. The molecule has 0 atom stereocenters. The van der Waals surface area contributed by atoms with E-state index in [9.17, 15) is 13.2 Å². The van der Waals surface area contributed by atoms with Gasteiger partial charge in [-0.3, -0.25) is 4.79 Å². The number of aromatic nitrogens is 2. The molecule has 0 saturated carbocycles. The molecule has 1 aromatic carbocycles. The molecule has 1 heterocycles. The highest BCUT2D eigenvalue weighted by molar-refractivity contribution is 7.90. The molecule has 20 heavy (non-hydrogen) atoms. The number of amides is 1. The van der Waals surface area contributed by atoms with Crippen molar-refractivity contribution in [2.24, 2.45) is 0 Å². The number of hydrogen-bond donors (Lipinski definition) is 1. The third-order valence-corrected chi connectivity index (χ3v) is 3.68. The molecule has 108 valence electrons. The Kier molecular flexibility index (Phi) is 3.80. The summed E-state index contributed by atoms with van der Waals surface area (Å²) in [6.45, 7) is 3.63. The number of nitrogens with one attached hydrogen (secondary N) is 1. The maximum Gasteiger partial charge on any atom is 0.240 e. The zero-order valence-electron chi connectivity index (χ0n) is 11.6. The molecule has 0 saturated heterocycles. The van der Waals surface area contributed by atoms with Gasteiger partial charge in [-0.15, -0.1) is 0 Å². The minimum absolute atomic E-state index is 0.000954. The van der Waals surface area contributed by atoms with Crippen LogP contribution in [0.5, 0.6) is 0 Å². The van der Waals surface area contributed by atoms with E-state index in [0.717, 1.165) is 6.26 Å². The van der Waals surface area contributed by atoms with E-state index in [4.69, 9.17) is 0 Å². The lowest BCUT2D eigenvalue weighted by Crippen LogP contribution is -2.33. The highest BCUT2D eigenvalue weighted by Gasteiger charge is 2.20. The van der Waals surface area contributed by atoms with Crippen molar-refractivity contribution in [1.82, 2.24) is 14.9 Å². The average molecular weight is 295 g/mol. The lowest BCUT2D eigenvalue weighted by molar-refractivity contribution is -0.122. The Balaban J connectivity index is 2.52. The van der Waals surface area contributed by atoms with Crippen LogP contribution in [0.3, 0.4) is 0 Å². The number of imidazole rings is 1. The van der Waals surface area contributed by atoms with Crippen molar-refractivity contribution in [2.45, 2.75) is 31.6 Å². The van der Waals surface area contributed by atoms with Crippen LogP contribution < -0.4 is 5.32 Å². The standard InChI is InChI=1S/C13H17N3O3S/c1-9(2)14-12(17)8-16-11-7-5-4-6-10(11)15-13(16)20(3,18)19/h4-7,9H,8H2,1-3H3,(H,14,17). The van der Waals surface area contributed by atoms with Gasteiger partial charge >= 0.3 is 0 Å². The monoisotopic (exact) mass is 295 g/mol. The topological polar surface area (TPSA) is 81.1 Å². The Labute approximate surface area is 117 Å². The lowest BCUT2D eigenvalue weighted by Gasteiger charge is -2.11. The number of carbonyl (C=O) groups excluding carboxylic acids is 1. The van der Waals surface area contributed by atoms with Crippen LogP contribution in [0.4, 0.5) is 0 Å². The molecule has 0 unspecified atom stereocenters. The van der Waals surface area contributed by atoms with Gasteiger partial charge in [0.2, 0.25) is 20.9 Å². The fraction of sp³-hybridized carbons (Fsp3) is 0.385. The van der Waals surface area contributed by atoms with Crippen LogP contribution in [-0.2, 0) is 21.2 Å². The van der Waals surface area contributed by atoms with E-state index in [1.165, 1.54) is 4.57 Å². The molecule has 0 radical (unpaired) electrons. The quantitative estimate of drug-likeness (QED) is 0.911. The van der Waals surface area contributed by atoms with E-state index in [-0.39, 0.29) is 23.7 Å². The van der Waals surface area contributed by atoms with Crippen LogP contribution in [0.25, 0.3) is 11.0 Å². The molecule has 0 aliphatic carbocycles. The molecule has 1 amide bonds. The van der Waals surface area contributed by atoms with Gasteiger partial charge in [-0.25, -0.2) is 13.4 Å². The predicted octanol–water partition coefficient (Wildman–Crippen LogP) is 0.964. The van der Waals surface area contributed by atoms with Crippen molar-refractivity contribution in [3.63, 3.8) is 0 Å². The molecule has 6 nitrogen and oxygen atoms in total. The number of para-hydroxylation sites is 2. The molecule has 2 aromatic rings. The second-order valence-corrected chi connectivity index (χ2v) is 6.87. The Bertz CT molecular complexity index is 747. The molecule has 1 aromatic heterocycles. The summed E-state index contributed by atoms with van der Waals surface area (Å²) in [7, 11) is -3.50. The molecular weight excluding hydrogens is 278 g/mol. The summed E-state index contributed by atoms with van der Waals surface area (Å²) in [5, 5.41) is 2.66. The summed E-state index contributed by atoms with van der Waals surface area (Å²) in [4.78, 5) is 16.0. The van der Waals surface area contributed by atoms with Gasteiger partial charge in [0, 0.05) is 12.3 Å². The summed E-state index contributed by atoms with van der Waals surface area (Å²) < 4.78 is 25.1. The van der Waals surface area contributed by atoms with Crippen LogP contribution in [0.1, 0.15) is 13.8 Å².